The molecule has 1 aromatic heterocycles. The molecular formula is C11H15N3O. The Balaban J connectivity index is 2.69. The van der Waals surface area contributed by atoms with Gasteiger partial charge in [0, 0.05) is 24.7 Å². The molecule has 0 aliphatic rings. The highest BCUT2D eigenvalue weighted by atomic mass is 16.5. The van der Waals surface area contributed by atoms with Crippen molar-refractivity contribution >= 4 is 5.69 Å². The fourth-order valence-electron chi connectivity index (χ4n) is 1.06. The van der Waals surface area contributed by atoms with Crippen LogP contribution in [0, 0.1) is 11.8 Å². The first kappa shape index (κ1) is 11.3. The van der Waals surface area contributed by atoms with E-state index in [4.69, 9.17) is 10.5 Å². The van der Waals surface area contributed by atoms with Gasteiger partial charge in [-0.3, -0.25) is 0 Å². The Morgan fingerprint density at radius 1 is 1.60 bits per heavy atom. The third-order valence-electron chi connectivity index (χ3n) is 1.80. The Morgan fingerprint density at radius 3 is 3.00 bits per heavy atom. The molecule has 1 heterocycles. The minimum atomic E-state index is 0.441. The van der Waals surface area contributed by atoms with Crippen LogP contribution in [0.2, 0.25) is 0 Å². The van der Waals surface area contributed by atoms with Crippen molar-refractivity contribution < 1.29 is 4.74 Å². The van der Waals surface area contributed by atoms with E-state index < -0.39 is 0 Å². The van der Waals surface area contributed by atoms with Crippen molar-refractivity contribution in [1.82, 2.24) is 10.3 Å². The summed E-state index contributed by atoms with van der Waals surface area (Å²) in [6.45, 7) is 0.881. The first-order valence-corrected chi connectivity index (χ1v) is 4.71. The molecule has 0 spiro atoms. The molecule has 0 aromatic carbocycles. The highest BCUT2D eigenvalue weighted by Crippen LogP contribution is 2.17. The number of hydrogen-bond acceptors (Lipinski definition) is 4. The second-order valence-corrected chi connectivity index (χ2v) is 2.98. The van der Waals surface area contributed by atoms with E-state index >= 15 is 0 Å². The lowest BCUT2D eigenvalue weighted by atomic mass is 10.2. The number of nitrogens with one attached hydrogen (secondary N) is 1. The average Bonchev–Trinajstić information content (AvgIpc) is 2.25. The summed E-state index contributed by atoms with van der Waals surface area (Å²) in [5.74, 6) is 6.44. The third kappa shape index (κ3) is 3.49. The fourth-order valence-corrected chi connectivity index (χ4v) is 1.06. The zero-order valence-electron chi connectivity index (χ0n) is 9.00. The first-order chi connectivity index (χ1) is 7.27. The van der Waals surface area contributed by atoms with Crippen molar-refractivity contribution in [2.75, 3.05) is 26.4 Å². The van der Waals surface area contributed by atoms with Gasteiger partial charge in [0.1, 0.15) is 0 Å². The predicted octanol–water partition coefficient (Wildman–Crippen LogP) is 0.633. The number of nitrogen functional groups attached to an aromatic ring is 1. The summed E-state index contributed by atoms with van der Waals surface area (Å²) in [6, 6.07) is 1.76. The van der Waals surface area contributed by atoms with Crippen LogP contribution in [0.5, 0.6) is 5.88 Å². The second kappa shape index (κ2) is 5.89. The van der Waals surface area contributed by atoms with Crippen LogP contribution >= 0.6 is 0 Å². The van der Waals surface area contributed by atoms with Crippen molar-refractivity contribution in [2.24, 2.45) is 0 Å². The van der Waals surface area contributed by atoms with Gasteiger partial charge >= 0.3 is 0 Å². The molecule has 3 N–H and O–H groups in total. The van der Waals surface area contributed by atoms with E-state index in [9.17, 15) is 0 Å². The number of pyridine rings is 1. The molecule has 0 unspecified atom stereocenters. The van der Waals surface area contributed by atoms with Gasteiger partial charge in [0.25, 0.3) is 0 Å². The highest BCUT2D eigenvalue weighted by Gasteiger charge is 1.99. The zero-order chi connectivity index (χ0) is 11.1. The predicted molar refractivity (Wildman–Crippen MR) is 60.6 cm³/mol. The van der Waals surface area contributed by atoms with Crippen molar-refractivity contribution in [2.45, 2.75) is 6.42 Å². The Bertz CT molecular complexity index is 379. The average molecular weight is 205 g/mol. The van der Waals surface area contributed by atoms with Crippen molar-refractivity contribution in [3.8, 4) is 17.7 Å². The fraction of sp³-hybridized carbons (Fsp3) is 0.364. The highest BCUT2D eigenvalue weighted by molar-refractivity contribution is 5.52. The largest absolute Gasteiger partial charge is 0.480 e. The van der Waals surface area contributed by atoms with Gasteiger partial charge in [-0.05, 0) is 13.1 Å². The maximum absolute atomic E-state index is 5.69. The molecule has 0 saturated heterocycles. The van der Waals surface area contributed by atoms with E-state index in [1.54, 1.807) is 12.3 Å². The van der Waals surface area contributed by atoms with Crippen molar-refractivity contribution in [3.05, 3.63) is 17.8 Å². The van der Waals surface area contributed by atoms with Gasteiger partial charge in [-0.15, -0.1) is 0 Å². The van der Waals surface area contributed by atoms with Crippen LogP contribution in [0.3, 0.4) is 0 Å². The van der Waals surface area contributed by atoms with Gasteiger partial charge < -0.3 is 15.8 Å². The third-order valence-corrected chi connectivity index (χ3v) is 1.80. The molecule has 0 fully saturated rings. The maximum Gasteiger partial charge on any atom is 0.236 e. The summed E-state index contributed by atoms with van der Waals surface area (Å²) in [6.07, 6.45) is 2.46. The molecule has 0 amide bonds. The maximum atomic E-state index is 5.69. The molecule has 0 radical (unpaired) electrons. The topological polar surface area (TPSA) is 60.2 Å². The molecule has 0 aliphatic carbocycles. The van der Waals surface area contributed by atoms with E-state index in [0.29, 0.717) is 11.6 Å². The molecule has 0 bridgehead atoms. The van der Waals surface area contributed by atoms with Gasteiger partial charge in [-0.2, -0.15) is 0 Å². The molecule has 15 heavy (non-hydrogen) atoms. The molecule has 1 aromatic rings. The normalized spacial score (nSPS) is 9.20. The van der Waals surface area contributed by atoms with Gasteiger partial charge in [0.2, 0.25) is 5.88 Å². The zero-order valence-corrected chi connectivity index (χ0v) is 9.00. The molecule has 0 aliphatic heterocycles. The van der Waals surface area contributed by atoms with E-state index in [2.05, 4.69) is 22.1 Å². The quantitative estimate of drug-likeness (QED) is 0.561. The number of anilines is 1. The number of methoxy groups -OCH3 is 1. The molecule has 4 heteroatoms. The lowest BCUT2D eigenvalue weighted by Crippen LogP contribution is -2.05. The van der Waals surface area contributed by atoms with Gasteiger partial charge in [-0.1, -0.05) is 11.8 Å². The minimum Gasteiger partial charge on any atom is -0.480 e. The van der Waals surface area contributed by atoms with Crippen LogP contribution in [0.4, 0.5) is 5.69 Å². The Hall–Kier alpha value is -1.73. The number of nitrogens with two attached hydrogens (primary N) is 1. The number of rotatable bonds is 3. The van der Waals surface area contributed by atoms with Crippen LogP contribution in [0.15, 0.2) is 12.3 Å². The van der Waals surface area contributed by atoms with E-state index in [0.717, 1.165) is 18.5 Å². The Labute approximate surface area is 89.8 Å². The molecule has 0 saturated carbocycles. The number of ether oxygens (including phenoxy) is 1. The van der Waals surface area contributed by atoms with Crippen LogP contribution in [-0.2, 0) is 0 Å². The van der Waals surface area contributed by atoms with E-state index in [1.807, 2.05) is 7.05 Å². The van der Waals surface area contributed by atoms with Gasteiger partial charge in [0.05, 0.1) is 12.8 Å². The van der Waals surface area contributed by atoms with Crippen LogP contribution in [0.25, 0.3) is 0 Å². The molecule has 80 valence electrons. The smallest absolute Gasteiger partial charge is 0.236 e. The Morgan fingerprint density at radius 2 is 2.40 bits per heavy atom. The van der Waals surface area contributed by atoms with E-state index in [1.165, 1.54) is 7.11 Å². The summed E-state index contributed by atoms with van der Waals surface area (Å²) in [5, 5.41) is 3.02. The molecule has 4 nitrogen and oxygen atoms in total. The standard InChI is InChI=1S/C11H15N3O/c1-13-6-4-3-5-9-7-10(12)11(15-2)14-8-9/h7-8,13H,4,6,12H2,1-2H3. The van der Waals surface area contributed by atoms with Crippen molar-refractivity contribution in [1.29, 1.82) is 0 Å². The summed E-state index contributed by atoms with van der Waals surface area (Å²) < 4.78 is 4.95. The van der Waals surface area contributed by atoms with E-state index in [-0.39, 0.29) is 0 Å². The number of aromatic nitrogens is 1. The lowest BCUT2D eigenvalue weighted by molar-refractivity contribution is 0.400. The molecule has 1 rings (SSSR count). The Kier molecular flexibility index (Phi) is 4.45. The van der Waals surface area contributed by atoms with Gasteiger partial charge in [0.15, 0.2) is 0 Å². The van der Waals surface area contributed by atoms with Crippen LogP contribution in [-0.4, -0.2) is 25.7 Å². The SMILES string of the molecule is CNCCC#Cc1cnc(OC)c(N)c1. The summed E-state index contributed by atoms with van der Waals surface area (Å²) in [5.41, 5.74) is 7.02. The summed E-state index contributed by atoms with van der Waals surface area (Å²) in [4.78, 5) is 4.03. The molecule has 0 atom stereocenters. The second-order valence-electron chi connectivity index (χ2n) is 2.98. The van der Waals surface area contributed by atoms with Crippen LogP contribution < -0.4 is 15.8 Å². The molecular weight excluding hydrogens is 190 g/mol. The van der Waals surface area contributed by atoms with Crippen LogP contribution in [0.1, 0.15) is 12.0 Å². The van der Waals surface area contributed by atoms with Crippen molar-refractivity contribution in [3.63, 3.8) is 0 Å². The monoisotopic (exact) mass is 205 g/mol. The first-order valence-electron chi connectivity index (χ1n) is 4.71. The summed E-state index contributed by atoms with van der Waals surface area (Å²) in [7, 11) is 3.44. The number of nitrogens with zero attached hydrogens (tertiary/aromatic N) is 1. The lowest BCUT2D eigenvalue weighted by Gasteiger charge is -2.01. The van der Waals surface area contributed by atoms with Gasteiger partial charge in [-0.25, -0.2) is 4.98 Å². The number of hydrogen-bond donors (Lipinski definition) is 2. The summed E-state index contributed by atoms with van der Waals surface area (Å²) >= 11 is 0. The minimum absolute atomic E-state index is 0.441.